The lowest BCUT2D eigenvalue weighted by Gasteiger charge is -2.26. The third-order valence-electron chi connectivity index (χ3n) is 5.75. The molecule has 2 aromatic rings. The van der Waals surface area contributed by atoms with Crippen molar-refractivity contribution in [2.45, 2.75) is 51.3 Å². The van der Waals surface area contributed by atoms with E-state index in [1.165, 1.54) is 0 Å². The molecule has 2 heterocycles. The monoisotopic (exact) mass is 396 g/mol. The van der Waals surface area contributed by atoms with E-state index in [-0.39, 0.29) is 29.2 Å². The summed E-state index contributed by atoms with van der Waals surface area (Å²) in [5.41, 5.74) is 1.83. The third-order valence-corrected chi connectivity index (χ3v) is 5.75. The molecule has 1 aliphatic carbocycles. The predicted octanol–water partition coefficient (Wildman–Crippen LogP) is 3.32. The van der Waals surface area contributed by atoms with Crippen molar-refractivity contribution in [1.82, 2.24) is 9.47 Å². The van der Waals surface area contributed by atoms with Gasteiger partial charge in [-0.3, -0.25) is 9.59 Å². The summed E-state index contributed by atoms with van der Waals surface area (Å²) < 4.78 is 12.7. The summed E-state index contributed by atoms with van der Waals surface area (Å²) in [6.07, 6.45) is 5.79. The van der Waals surface area contributed by atoms with Gasteiger partial charge in [0.25, 0.3) is 11.5 Å². The summed E-state index contributed by atoms with van der Waals surface area (Å²) in [6.45, 7) is 3.49. The van der Waals surface area contributed by atoms with Crippen molar-refractivity contribution in [2.24, 2.45) is 0 Å². The maximum absolute atomic E-state index is 13.5. The van der Waals surface area contributed by atoms with Crippen LogP contribution in [0.2, 0.25) is 0 Å². The lowest BCUT2D eigenvalue weighted by Crippen LogP contribution is -2.40. The number of aryl methyl sites for hydroxylation is 1. The SMILES string of the molecule is COc1ccc(CN(CC2CCCO2)C(=O)c2c(C)ccn(C3CC3)c2=O)cc1. The second-order valence-electron chi connectivity index (χ2n) is 7.99. The maximum Gasteiger partial charge on any atom is 0.263 e. The topological polar surface area (TPSA) is 60.8 Å². The summed E-state index contributed by atoms with van der Waals surface area (Å²) in [7, 11) is 1.63. The molecule has 1 aliphatic heterocycles. The zero-order valence-corrected chi connectivity index (χ0v) is 17.1. The number of pyridine rings is 1. The van der Waals surface area contributed by atoms with E-state index in [0.717, 1.165) is 49.2 Å². The first-order valence-corrected chi connectivity index (χ1v) is 10.3. The number of rotatable bonds is 7. The standard InChI is InChI=1S/C23H28N2O4/c1-16-11-12-25(18-7-8-18)23(27)21(16)22(26)24(15-20-4-3-13-29-20)14-17-5-9-19(28-2)10-6-17/h5-6,9-12,18,20H,3-4,7-8,13-15H2,1-2H3. The number of methoxy groups -OCH3 is 1. The molecule has 1 saturated heterocycles. The average Bonchev–Trinajstić information content (AvgIpc) is 3.43. The zero-order chi connectivity index (χ0) is 20.4. The van der Waals surface area contributed by atoms with Crippen LogP contribution in [0.1, 0.15) is 53.2 Å². The fourth-order valence-electron chi connectivity index (χ4n) is 3.90. The van der Waals surface area contributed by atoms with Crippen molar-refractivity contribution in [2.75, 3.05) is 20.3 Å². The second-order valence-corrected chi connectivity index (χ2v) is 7.99. The van der Waals surface area contributed by atoms with Crippen LogP contribution in [0.4, 0.5) is 0 Å². The molecule has 2 fully saturated rings. The molecule has 29 heavy (non-hydrogen) atoms. The molecule has 1 aromatic heterocycles. The van der Waals surface area contributed by atoms with Crippen LogP contribution >= 0.6 is 0 Å². The molecule has 4 rings (SSSR count). The summed E-state index contributed by atoms with van der Waals surface area (Å²) in [5, 5.41) is 0. The van der Waals surface area contributed by atoms with Crippen LogP contribution in [0.5, 0.6) is 5.75 Å². The molecule has 154 valence electrons. The number of carbonyl (C=O) groups excluding carboxylic acids is 1. The van der Waals surface area contributed by atoms with E-state index in [1.807, 2.05) is 43.5 Å². The Bertz CT molecular complexity index is 925. The van der Waals surface area contributed by atoms with Gasteiger partial charge >= 0.3 is 0 Å². The smallest absolute Gasteiger partial charge is 0.263 e. The highest BCUT2D eigenvalue weighted by atomic mass is 16.5. The molecule has 0 spiro atoms. The number of carbonyl (C=O) groups is 1. The number of ether oxygens (including phenoxy) is 2. The molecular formula is C23H28N2O4. The van der Waals surface area contributed by atoms with Crippen molar-refractivity contribution in [1.29, 1.82) is 0 Å². The minimum absolute atomic E-state index is 0.0203. The highest BCUT2D eigenvalue weighted by Gasteiger charge is 2.30. The van der Waals surface area contributed by atoms with Gasteiger partial charge in [0.2, 0.25) is 0 Å². The molecule has 0 radical (unpaired) electrons. The van der Waals surface area contributed by atoms with Crippen molar-refractivity contribution < 1.29 is 14.3 Å². The van der Waals surface area contributed by atoms with Gasteiger partial charge in [-0.1, -0.05) is 12.1 Å². The van der Waals surface area contributed by atoms with Crippen LogP contribution in [0.15, 0.2) is 41.3 Å². The number of amides is 1. The first kappa shape index (κ1) is 19.7. The molecular weight excluding hydrogens is 368 g/mol. The average molecular weight is 396 g/mol. The second kappa shape index (κ2) is 8.41. The zero-order valence-electron chi connectivity index (χ0n) is 17.1. The molecule has 1 amide bonds. The molecule has 6 nitrogen and oxygen atoms in total. The Balaban J connectivity index is 1.63. The quantitative estimate of drug-likeness (QED) is 0.720. The first-order valence-electron chi connectivity index (χ1n) is 10.3. The summed E-state index contributed by atoms with van der Waals surface area (Å²) in [6, 6.07) is 9.80. The Morgan fingerprint density at radius 1 is 1.21 bits per heavy atom. The number of aromatic nitrogens is 1. The van der Waals surface area contributed by atoms with Crippen LogP contribution in [-0.2, 0) is 11.3 Å². The number of benzene rings is 1. The molecule has 1 atom stereocenters. The highest BCUT2D eigenvalue weighted by molar-refractivity contribution is 5.95. The van der Waals surface area contributed by atoms with E-state index in [4.69, 9.17) is 9.47 Å². The van der Waals surface area contributed by atoms with Crippen molar-refractivity contribution in [3.63, 3.8) is 0 Å². The summed E-state index contributed by atoms with van der Waals surface area (Å²) in [4.78, 5) is 28.3. The molecule has 0 N–H and O–H groups in total. The molecule has 1 unspecified atom stereocenters. The van der Waals surface area contributed by atoms with E-state index in [9.17, 15) is 9.59 Å². The van der Waals surface area contributed by atoms with E-state index >= 15 is 0 Å². The van der Waals surface area contributed by atoms with Crippen LogP contribution in [0.3, 0.4) is 0 Å². The molecule has 6 heteroatoms. The third kappa shape index (κ3) is 4.37. The summed E-state index contributed by atoms with van der Waals surface area (Å²) >= 11 is 0. The van der Waals surface area contributed by atoms with Gasteiger partial charge in [-0.2, -0.15) is 0 Å². The Kier molecular flexibility index (Phi) is 5.72. The van der Waals surface area contributed by atoms with Gasteiger partial charge < -0.3 is 18.9 Å². The van der Waals surface area contributed by atoms with Crippen molar-refractivity contribution in [3.8, 4) is 5.75 Å². The fraction of sp³-hybridized carbons (Fsp3) is 0.478. The molecule has 0 bridgehead atoms. The van der Waals surface area contributed by atoms with Crippen LogP contribution < -0.4 is 10.3 Å². The van der Waals surface area contributed by atoms with E-state index in [2.05, 4.69) is 0 Å². The van der Waals surface area contributed by atoms with Gasteiger partial charge in [0.1, 0.15) is 11.3 Å². The van der Waals surface area contributed by atoms with Gasteiger partial charge in [-0.25, -0.2) is 0 Å². The largest absolute Gasteiger partial charge is 0.497 e. The molecule has 1 aromatic carbocycles. The highest BCUT2D eigenvalue weighted by Crippen LogP contribution is 2.33. The molecule has 2 aliphatic rings. The first-order chi connectivity index (χ1) is 14.1. The van der Waals surface area contributed by atoms with Crippen LogP contribution in [0.25, 0.3) is 0 Å². The van der Waals surface area contributed by atoms with E-state index in [1.54, 1.807) is 16.6 Å². The minimum Gasteiger partial charge on any atom is -0.497 e. The fourth-order valence-corrected chi connectivity index (χ4v) is 3.90. The Morgan fingerprint density at radius 2 is 1.97 bits per heavy atom. The van der Waals surface area contributed by atoms with Gasteiger partial charge in [0, 0.05) is 31.9 Å². The van der Waals surface area contributed by atoms with Gasteiger partial charge in [-0.05, 0) is 61.9 Å². The Labute approximate surface area is 171 Å². The maximum atomic E-state index is 13.5. The van der Waals surface area contributed by atoms with Gasteiger partial charge in [0.05, 0.1) is 13.2 Å². The number of nitrogens with zero attached hydrogens (tertiary/aromatic N) is 2. The predicted molar refractivity (Wildman–Crippen MR) is 110 cm³/mol. The van der Waals surface area contributed by atoms with Crippen molar-refractivity contribution >= 4 is 5.91 Å². The number of hydrogen-bond donors (Lipinski definition) is 0. The summed E-state index contributed by atoms with van der Waals surface area (Å²) in [5.74, 6) is 0.561. The van der Waals surface area contributed by atoms with E-state index < -0.39 is 0 Å². The lowest BCUT2D eigenvalue weighted by molar-refractivity contribution is 0.0505. The van der Waals surface area contributed by atoms with Gasteiger partial charge in [0.15, 0.2) is 0 Å². The number of hydrogen-bond acceptors (Lipinski definition) is 4. The lowest BCUT2D eigenvalue weighted by atomic mass is 10.1. The van der Waals surface area contributed by atoms with Crippen LogP contribution in [0, 0.1) is 6.92 Å². The normalized spacial score (nSPS) is 18.6. The van der Waals surface area contributed by atoms with E-state index in [0.29, 0.717) is 13.1 Å². The Morgan fingerprint density at radius 3 is 2.59 bits per heavy atom. The van der Waals surface area contributed by atoms with Crippen LogP contribution in [-0.4, -0.2) is 41.7 Å². The Hall–Kier alpha value is -2.60. The van der Waals surface area contributed by atoms with Crippen molar-refractivity contribution in [3.05, 3.63) is 63.6 Å². The molecule has 1 saturated carbocycles. The minimum atomic E-state index is -0.214. The van der Waals surface area contributed by atoms with Gasteiger partial charge in [-0.15, -0.1) is 0 Å².